The molecule has 0 radical (unpaired) electrons. The summed E-state index contributed by atoms with van der Waals surface area (Å²) in [5.41, 5.74) is 0.558. The number of carbonyl (C=O) groups excluding carboxylic acids is 1. The summed E-state index contributed by atoms with van der Waals surface area (Å²) in [7, 11) is 0. The summed E-state index contributed by atoms with van der Waals surface area (Å²) in [6.07, 6.45) is 3.00. The molecule has 17 heavy (non-hydrogen) atoms. The molecule has 3 nitrogen and oxygen atoms in total. The highest BCUT2D eigenvalue weighted by molar-refractivity contribution is 6.04. The molecule has 2 aromatic rings. The summed E-state index contributed by atoms with van der Waals surface area (Å²) < 4.78 is 13.2. The van der Waals surface area contributed by atoms with Crippen LogP contribution in [0, 0.1) is 5.82 Å². The van der Waals surface area contributed by atoms with Crippen LogP contribution in [0.4, 0.5) is 10.1 Å². The van der Waals surface area contributed by atoms with Gasteiger partial charge in [0.25, 0.3) is 5.91 Å². The topological polar surface area (TPSA) is 42.0 Å². The van der Waals surface area contributed by atoms with E-state index < -0.39 is 5.82 Å². The minimum absolute atomic E-state index is 0. The molecule has 0 aliphatic rings. The van der Waals surface area contributed by atoms with Crippen molar-refractivity contribution in [3.8, 4) is 0 Å². The summed E-state index contributed by atoms with van der Waals surface area (Å²) in [5.74, 6) is -0.835. The van der Waals surface area contributed by atoms with Gasteiger partial charge in [0.05, 0.1) is 11.3 Å². The Labute approximate surface area is 104 Å². The second kappa shape index (κ2) is 5.96. The standard InChI is InChI=1S/C12H9FN2O.ClH/c13-10-5-1-2-6-11(10)15-12(16)9-4-3-7-14-8-9;/h1-8H,(H,15,16);1H. The van der Waals surface area contributed by atoms with E-state index in [1.807, 2.05) is 0 Å². The van der Waals surface area contributed by atoms with Crippen molar-refractivity contribution in [2.45, 2.75) is 0 Å². The fraction of sp³-hybridized carbons (Fsp3) is 0. The highest BCUT2D eigenvalue weighted by Crippen LogP contribution is 2.13. The molecule has 0 saturated heterocycles. The van der Waals surface area contributed by atoms with Crippen LogP contribution in [0.1, 0.15) is 10.4 Å². The zero-order valence-electron chi connectivity index (χ0n) is 8.76. The van der Waals surface area contributed by atoms with Crippen molar-refractivity contribution < 1.29 is 9.18 Å². The van der Waals surface area contributed by atoms with E-state index in [0.29, 0.717) is 5.56 Å². The number of anilines is 1. The molecule has 0 aliphatic heterocycles. The van der Waals surface area contributed by atoms with Crippen molar-refractivity contribution in [3.05, 3.63) is 60.2 Å². The first kappa shape index (κ1) is 13.1. The minimum Gasteiger partial charge on any atom is -0.319 e. The van der Waals surface area contributed by atoms with E-state index in [9.17, 15) is 9.18 Å². The Kier molecular flexibility index (Phi) is 4.60. The van der Waals surface area contributed by atoms with Crippen LogP contribution in [-0.4, -0.2) is 10.9 Å². The number of halogens is 2. The molecule has 5 heteroatoms. The predicted octanol–water partition coefficient (Wildman–Crippen LogP) is 2.89. The maximum absolute atomic E-state index is 13.2. The van der Waals surface area contributed by atoms with Crippen molar-refractivity contribution in [2.75, 3.05) is 5.32 Å². The van der Waals surface area contributed by atoms with E-state index >= 15 is 0 Å². The van der Waals surface area contributed by atoms with Crippen LogP contribution in [0.15, 0.2) is 48.8 Å². The van der Waals surface area contributed by atoms with Crippen LogP contribution < -0.4 is 5.32 Å². The lowest BCUT2D eigenvalue weighted by atomic mass is 10.2. The lowest BCUT2D eigenvalue weighted by molar-refractivity contribution is 0.102. The van der Waals surface area contributed by atoms with Gasteiger partial charge in [-0.3, -0.25) is 9.78 Å². The van der Waals surface area contributed by atoms with Crippen molar-refractivity contribution in [1.82, 2.24) is 4.98 Å². The van der Waals surface area contributed by atoms with Gasteiger partial charge in [-0.05, 0) is 24.3 Å². The lowest BCUT2D eigenvalue weighted by Gasteiger charge is -2.05. The van der Waals surface area contributed by atoms with Crippen LogP contribution in [0.2, 0.25) is 0 Å². The number of rotatable bonds is 2. The number of amides is 1. The summed E-state index contributed by atoms with van der Waals surface area (Å²) in [6.45, 7) is 0. The number of hydrogen-bond acceptors (Lipinski definition) is 2. The van der Waals surface area contributed by atoms with Gasteiger partial charge in [0.2, 0.25) is 0 Å². The SMILES string of the molecule is Cl.O=C(Nc1ccccc1F)c1cccnc1. The molecule has 0 atom stereocenters. The van der Waals surface area contributed by atoms with Crippen LogP contribution in [0.5, 0.6) is 0 Å². The maximum atomic E-state index is 13.2. The molecule has 1 aromatic heterocycles. The molecule has 1 aromatic carbocycles. The van der Waals surface area contributed by atoms with E-state index in [4.69, 9.17) is 0 Å². The maximum Gasteiger partial charge on any atom is 0.257 e. The zero-order valence-corrected chi connectivity index (χ0v) is 9.58. The predicted molar refractivity (Wildman–Crippen MR) is 65.8 cm³/mol. The highest BCUT2D eigenvalue weighted by Gasteiger charge is 2.07. The van der Waals surface area contributed by atoms with Crippen LogP contribution in [-0.2, 0) is 0 Å². The number of pyridine rings is 1. The Morgan fingerprint density at radius 1 is 1.18 bits per heavy atom. The quantitative estimate of drug-likeness (QED) is 0.893. The van der Waals surface area contributed by atoms with Gasteiger partial charge in [-0.25, -0.2) is 4.39 Å². The normalized spacial score (nSPS) is 9.24. The second-order valence-electron chi connectivity index (χ2n) is 3.18. The average molecular weight is 253 g/mol. The third kappa shape index (κ3) is 3.26. The van der Waals surface area contributed by atoms with E-state index in [2.05, 4.69) is 10.3 Å². The molecule has 0 spiro atoms. The fourth-order valence-electron chi connectivity index (χ4n) is 1.25. The smallest absolute Gasteiger partial charge is 0.257 e. The zero-order chi connectivity index (χ0) is 11.4. The Balaban J connectivity index is 0.00000144. The van der Waals surface area contributed by atoms with Gasteiger partial charge >= 0.3 is 0 Å². The first-order valence-electron chi connectivity index (χ1n) is 4.73. The van der Waals surface area contributed by atoms with Crippen molar-refractivity contribution in [3.63, 3.8) is 0 Å². The molecule has 0 fully saturated rings. The molecule has 1 heterocycles. The number of para-hydroxylation sites is 1. The summed E-state index contributed by atoms with van der Waals surface area (Å²) in [4.78, 5) is 15.5. The minimum atomic E-state index is -0.459. The van der Waals surface area contributed by atoms with Crippen LogP contribution >= 0.6 is 12.4 Å². The number of benzene rings is 1. The molecule has 1 amide bonds. The second-order valence-corrected chi connectivity index (χ2v) is 3.18. The molecular formula is C12H10ClFN2O. The third-order valence-electron chi connectivity index (χ3n) is 2.05. The monoisotopic (exact) mass is 252 g/mol. The van der Waals surface area contributed by atoms with Crippen molar-refractivity contribution in [2.24, 2.45) is 0 Å². The van der Waals surface area contributed by atoms with Gasteiger partial charge < -0.3 is 5.32 Å². The summed E-state index contributed by atoms with van der Waals surface area (Å²) in [6, 6.07) is 9.28. The Morgan fingerprint density at radius 3 is 2.59 bits per heavy atom. The van der Waals surface area contributed by atoms with Gasteiger partial charge in [-0.2, -0.15) is 0 Å². The van der Waals surface area contributed by atoms with Gasteiger partial charge in [-0.15, -0.1) is 12.4 Å². The molecule has 88 valence electrons. The molecule has 0 bridgehead atoms. The lowest BCUT2D eigenvalue weighted by Crippen LogP contribution is -2.12. The third-order valence-corrected chi connectivity index (χ3v) is 2.05. The average Bonchev–Trinajstić information content (AvgIpc) is 2.33. The number of carbonyl (C=O) groups is 1. The van der Waals surface area contributed by atoms with Crippen LogP contribution in [0.3, 0.4) is 0 Å². The Bertz CT molecular complexity index is 505. The Hall–Kier alpha value is -1.94. The van der Waals surface area contributed by atoms with E-state index in [1.54, 1.807) is 30.5 Å². The van der Waals surface area contributed by atoms with E-state index in [0.717, 1.165) is 0 Å². The number of hydrogen-bond donors (Lipinski definition) is 1. The highest BCUT2D eigenvalue weighted by atomic mass is 35.5. The van der Waals surface area contributed by atoms with Gasteiger partial charge in [0.1, 0.15) is 5.82 Å². The Morgan fingerprint density at radius 2 is 1.94 bits per heavy atom. The van der Waals surface area contributed by atoms with Gasteiger partial charge in [-0.1, -0.05) is 12.1 Å². The number of nitrogens with zero attached hydrogens (tertiary/aromatic N) is 1. The molecular weight excluding hydrogens is 243 g/mol. The van der Waals surface area contributed by atoms with Gasteiger partial charge in [0, 0.05) is 12.4 Å². The molecule has 0 saturated carbocycles. The molecule has 0 unspecified atom stereocenters. The largest absolute Gasteiger partial charge is 0.319 e. The first-order chi connectivity index (χ1) is 7.77. The number of nitrogens with one attached hydrogen (secondary N) is 1. The van der Waals surface area contributed by atoms with Crippen molar-refractivity contribution in [1.29, 1.82) is 0 Å². The van der Waals surface area contributed by atoms with Crippen LogP contribution in [0.25, 0.3) is 0 Å². The van der Waals surface area contributed by atoms with Gasteiger partial charge in [0.15, 0.2) is 0 Å². The number of aromatic nitrogens is 1. The summed E-state index contributed by atoms with van der Waals surface area (Å²) >= 11 is 0. The van der Waals surface area contributed by atoms with E-state index in [-0.39, 0.29) is 24.0 Å². The summed E-state index contributed by atoms with van der Waals surface area (Å²) in [5, 5.41) is 2.47. The van der Waals surface area contributed by atoms with E-state index in [1.165, 1.54) is 18.3 Å². The molecule has 0 aliphatic carbocycles. The molecule has 2 rings (SSSR count). The first-order valence-corrected chi connectivity index (χ1v) is 4.73. The van der Waals surface area contributed by atoms with Crippen molar-refractivity contribution >= 4 is 24.0 Å². The molecule has 1 N–H and O–H groups in total. The fourth-order valence-corrected chi connectivity index (χ4v) is 1.25.